The molecule has 0 aromatic rings. The monoisotopic (exact) mass is 518 g/mol. The number of ketones is 1. The highest BCUT2D eigenvalue weighted by Crippen LogP contribution is 2.62. The van der Waals surface area contributed by atoms with E-state index >= 15 is 0 Å². The zero-order valence-corrected chi connectivity index (χ0v) is 19.2. The van der Waals surface area contributed by atoms with Gasteiger partial charge in [0.2, 0.25) is 0 Å². The number of halogens is 2. The first-order valence-corrected chi connectivity index (χ1v) is 13.2. The van der Waals surface area contributed by atoms with E-state index in [4.69, 9.17) is 14.0 Å². The molecule has 0 radical (unpaired) electrons. The maximum absolute atomic E-state index is 13.6. The van der Waals surface area contributed by atoms with Gasteiger partial charge in [-0.2, -0.15) is 17.2 Å². The van der Waals surface area contributed by atoms with Gasteiger partial charge in [-0.1, -0.05) is 0 Å². The smallest absolute Gasteiger partial charge is 0.402 e. The lowest BCUT2D eigenvalue weighted by atomic mass is 9.49. The normalized spacial score (nSPS) is 45.1. The van der Waals surface area contributed by atoms with E-state index in [0.29, 0.717) is 19.3 Å². The fraction of sp³-hybridized carbons (Fsp3) is 0.818. The molecule has 8 unspecified atom stereocenters. The van der Waals surface area contributed by atoms with Crippen LogP contribution in [0.5, 0.6) is 0 Å². The lowest BCUT2D eigenvalue weighted by Crippen LogP contribution is -2.56. The molecule has 6 bridgehead atoms. The highest BCUT2D eigenvalue weighted by molar-refractivity contribution is 7.86. The van der Waals surface area contributed by atoms with E-state index in [0.717, 1.165) is 12.8 Å². The number of hydrogen-bond acceptors (Lipinski definition) is 9. The van der Waals surface area contributed by atoms with Crippen molar-refractivity contribution in [1.29, 1.82) is 0 Å². The second kappa shape index (κ2) is 7.21. The number of ether oxygens (including phenoxy) is 3. The van der Waals surface area contributed by atoms with Crippen molar-refractivity contribution in [2.75, 3.05) is 6.61 Å². The molecule has 1 saturated heterocycles. The summed E-state index contributed by atoms with van der Waals surface area (Å²) in [5.74, 6) is -5.62. The zero-order chi connectivity index (χ0) is 25.1. The second-order valence-electron chi connectivity index (χ2n) is 11.1. The first-order valence-electron chi connectivity index (χ1n) is 11.8. The van der Waals surface area contributed by atoms with Crippen LogP contribution in [0, 0.1) is 46.8 Å². The van der Waals surface area contributed by atoms with Crippen LogP contribution in [0.2, 0.25) is 0 Å². The van der Waals surface area contributed by atoms with E-state index in [1.165, 1.54) is 0 Å². The molecular formula is C22H24F2O10S. The average Bonchev–Trinajstić information content (AvgIpc) is 3.38. The van der Waals surface area contributed by atoms with Gasteiger partial charge in [0.25, 0.3) is 0 Å². The molecule has 35 heavy (non-hydrogen) atoms. The molecule has 0 aromatic heterocycles. The van der Waals surface area contributed by atoms with Gasteiger partial charge in [0, 0.05) is 23.7 Å². The van der Waals surface area contributed by atoms with Crippen LogP contribution < -0.4 is 0 Å². The summed E-state index contributed by atoms with van der Waals surface area (Å²) in [6, 6.07) is 0. The molecule has 0 amide bonds. The molecule has 1 heterocycles. The van der Waals surface area contributed by atoms with Gasteiger partial charge < -0.3 is 14.2 Å². The third-order valence-corrected chi connectivity index (χ3v) is 10.1. The molecule has 7 fully saturated rings. The molecule has 8 atom stereocenters. The van der Waals surface area contributed by atoms with E-state index in [1.54, 1.807) is 0 Å². The Labute approximate surface area is 198 Å². The molecular weight excluding hydrogens is 494 g/mol. The zero-order valence-electron chi connectivity index (χ0n) is 18.4. The van der Waals surface area contributed by atoms with Gasteiger partial charge in [0.05, 0.1) is 17.3 Å². The summed E-state index contributed by atoms with van der Waals surface area (Å²) in [4.78, 5) is 51.1. The molecule has 0 spiro atoms. The molecule has 6 aliphatic carbocycles. The summed E-state index contributed by atoms with van der Waals surface area (Å²) >= 11 is 0. The minimum absolute atomic E-state index is 0.158. The van der Waals surface area contributed by atoms with Gasteiger partial charge in [-0.3, -0.25) is 23.7 Å². The number of hydrogen-bond donors (Lipinski definition) is 1. The quantitative estimate of drug-likeness (QED) is 0.308. The van der Waals surface area contributed by atoms with E-state index in [-0.39, 0.29) is 30.0 Å². The lowest BCUT2D eigenvalue weighted by molar-refractivity contribution is -0.188. The molecule has 13 heteroatoms. The first-order chi connectivity index (χ1) is 16.3. The number of rotatable bonds is 6. The Morgan fingerprint density at radius 3 is 2.37 bits per heavy atom. The molecule has 7 aliphatic rings. The summed E-state index contributed by atoms with van der Waals surface area (Å²) in [5.41, 5.74) is -0.790. The molecule has 10 nitrogen and oxygen atoms in total. The van der Waals surface area contributed by atoms with Crippen LogP contribution in [0.4, 0.5) is 8.78 Å². The summed E-state index contributed by atoms with van der Waals surface area (Å²) < 4.78 is 73.2. The second-order valence-corrected chi connectivity index (χ2v) is 12.7. The average molecular weight is 518 g/mol. The van der Waals surface area contributed by atoms with Gasteiger partial charge in [-0.05, 0) is 44.4 Å². The lowest BCUT2D eigenvalue weighted by Gasteiger charge is -2.54. The fourth-order valence-corrected chi connectivity index (χ4v) is 8.25. The Balaban J connectivity index is 1.20. The van der Waals surface area contributed by atoms with Crippen LogP contribution in [-0.2, 0) is 43.5 Å². The molecule has 0 aromatic carbocycles. The predicted octanol–water partition coefficient (Wildman–Crippen LogP) is 1.12. The van der Waals surface area contributed by atoms with Gasteiger partial charge >= 0.3 is 33.3 Å². The van der Waals surface area contributed by atoms with E-state index < -0.39 is 81.2 Å². The Morgan fingerprint density at radius 1 is 1.09 bits per heavy atom. The summed E-state index contributed by atoms with van der Waals surface area (Å²) in [6.07, 6.45) is 1.59. The van der Waals surface area contributed by atoms with E-state index in [1.807, 2.05) is 0 Å². The highest BCUT2D eigenvalue weighted by Gasteiger charge is 2.71. The Bertz CT molecular complexity index is 1120. The molecule has 6 saturated carbocycles. The van der Waals surface area contributed by atoms with Gasteiger partial charge in [0.15, 0.2) is 6.61 Å². The standard InChI is InChI=1S/C22H24F2O10S/c23-22(24,35(29,30)31)7-32-18(26)13-11-3-12-14(13)19(27)33-16(12)17(11)34-20(28)21-4-8-1-9(5-21)15(25)10(2-8)6-21/h8-14,16-17H,1-7H2,(H,29,30,31). The molecule has 7 rings (SSSR count). The number of fused-ring (bicyclic) bond motifs is 1. The number of carbonyl (C=O) groups is 4. The van der Waals surface area contributed by atoms with Gasteiger partial charge in [-0.25, -0.2) is 0 Å². The van der Waals surface area contributed by atoms with Crippen LogP contribution in [0.1, 0.15) is 38.5 Å². The van der Waals surface area contributed by atoms with Crippen molar-refractivity contribution in [1.82, 2.24) is 0 Å². The molecule has 1 aliphatic heterocycles. The summed E-state index contributed by atoms with van der Waals surface area (Å²) in [5, 5.41) is -4.71. The van der Waals surface area contributed by atoms with Crippen LogP contribution in [-0.4, -0.2) is 60.7 Å². The third-order valence-electron chi connectivity index (χ3n) is 9.25. The molecule has 192 valence electrons. The van der Waals surface area contributed by atoms with Crippen molar-refractivity contribution in [2.45, 2.75) is 56.0 Å². The third kappa shape index (κ3) is 3.22. The summed E-state index contributed by atoms with van der Waals surface area (Å²) in [6.45, 7) is -1.91. The minimum atomic E-state index is -5.80. The topological polar surface area (TPSA) is 150 Å². The summed E-state index contributed by atoms with van der Waals surface area (Å²) in [7, 11) is -5.80. The van der Waals surface area contributed by atoms with E-state index in [9.17, 15) is 36.4 Å². The minimum Gasteiger partial charge on any atom is -0.458 e. The largest absolute Gasteiger partial charge is 0.458 e. The Kier molecular flexibility index (Phi) is 4.79. The van der Waals surface area contributed by atoms with Crippen molar-refractivity contribution >= 4 is 33.8 Å². The number of esters is 3. The van der Waals surface area contributed by atoms with Crippen molar-refractivity contribution < 1.29 is 55.1 Å². The van der Waals surface area contributed by atoms with Crippen molar-refractivity contribution in [2.24, 2.45) is 46.8 Å². The SMILES string of the molecule is O=C1C2CC3CC1CC(C(=O)OC1C4CC5C1OC(=O)C5C4C(=O)OCC(F)(F)S(=O)(=O)O)(C3)C2. The number of Topliss-reactive ketones (excluding diaryl/α,β-unsaturated/α-hetero) is 1. The van der Waals surface area contributed by atoms with Gasteiger partial charge in [-0.15, -0.1) is 0 Å². The fourth-order valence-electron chi connectivity index (χ4n) is 8.04. The maximum atomic E-state index is 13.6. The van der Waals surface area contributed by atoms with E-state index in [2.05, 4.69) is 4.74 Å². The van der Waals surface area contributed by atoms with Crippen LogP contribution in [0.15, 0.2) is 0 Å². The Morgan fingerprint density at radius 2 is 1.74 bits per heavy atom. The number of carbonyl (C=O) groups excluding carboxylic acids is 4. The van der Waals surface area contributed by atoms with Crippen LogP contribution in [0.25, 0.3) is 0 Å². The van der Waals surface area contributed by atoms with Crippen LogP contribution in [0.3, 0.4) is 0 Å². The van der Waals surface area contributed by atoms with Crippen molar-refractivity contribution in [3.63, 3.8) is 0 Å². The van der Waals surface area contributed by atoms with Gasteiger partial charge in [0.1, 0.15) is 18.0 Å². The number of alkyl halides is 2. The predicted molar refractivity (Wildman–Crippen MR) is 107 cm³/mol. The first kappa shape index (κ1) is 23.3. The van der Waals surface area contributed by atoms with Crippen molar-refractivity contribution in [3.05, 3.63) is 0 Å². The Hall–Kier alpha value is -2.15. The highest BCUT2D eigenvalue weighted by atomic mass is 32.2. The maximum Gasteiger partial charge on any atom is 0.402 e. The molecule has 1 N–H and O–H groups in total. The van der Waals surface area contributed by atoms with Crippen LogP contribution >= 0.6 is 0 Å². The van der Waals surface area contributed by atoms with Crippen molar-refractivity contribution in [3.8, 4) is 0 Å².